The molecule has 2 aromatic carbocycles. The van der Waals surface area contributed by atoms with Crippen molar-refractivity contribution in [3.63, 3.8) is 0 Å². The van der Waals surface area contributed by atoms with E-state index in [4.69, 9.17) is 0 Å². The zero-order valence-corrected chi connectivity index (χ0v) is 13.9. The molecule has 0 bridgehead atoms. The predicted molar refractivity (Wildman–Crippen MR) is 95.1 cm³/mol. The lowest BCUT2D eigenvalue weighted by atomic mass is 10.00. The average molecular weight is 310 g/mol. The minimum absolute atomic E-state index is 0.417. The van der Waals surface area contributed by atoms with Crippen molar-refractivity contribution in [2.75, 3.05) is 13.1 Å². The van der Waals surface area contributed by atoms with Crippen LogP contribution in [0.25, 0.3) is 0 Å². The molecule has 23 heavy (non-hydrogen) atoms. The molecule has 4 N–H and O–H groups in total. The fraction of sp³-hybridized carbons (Fsp3) is 0.400. The maximum absolute atomic E-state index is 3.82. The van der Waals surface area contributed by atoms with Crippen molar-refractivity contribution in [3.8, 4) is 0 Å². The summed E-state index contributed by atoms with van der Waals surface area (Å²) in [5.74, 6) is 0. The van der Waals surface area contributed by atoms with Crippen LogP contribution in [0.5, 0.6) is 0 Å². The largest absolute Gasteiger partial charge is 0.330 e. The van der Waals surface area contributed by atoms with Gasteiger partial charge in [-0.15, -0.1) is 0 Å². The first-order valence-corrected chi connectivity index (χ1v) is 8.78. The van der Waals surface area contributed by atoms with Crippen molar-refractivity contribution in [2.24, 2.45) is 0 Å². The van der Waals surface area contributed by atoms with Crippen molar-refractivity contribution >= 4 is 0 Å². The first-order chi connectivity index (χ1) is 11.4. The molecule has 0 aliphatic carbocycles. The van der Waals surface area contributed by atoms with E-state index < -0.39 is 0 Å². The predicted octanol–water partition coefficient (Wildman–Crippen LogP) is 1.83. The number of benzene rings is 2. The molecule has 2 aromatic rings. The van der Waals surface area contributed by atoms with Crippen molar-refractivity contribution in [3.05, 3.63) is 71.8 Å². The SMILES string of the molecule is CCC1NC(c2ccccc2)CNC1[NH2+]CCc1ccccc1. The van der Waals surface area contributed by atoms with Crippen LogP contribution in [0.15, 0.2) is 60.7 Å². The number of nitrogens with one attached hydrogen (secondary N) is 2. The Bertz CT molecular complexity index is 568. The molecule has 1 heterocycles. The molecule has 3 nitrogen and oxygen atoms in total. The number of hydrogen-bond acceptors (Lipinski definition) is 2. The Kier molecular flexibility index (Phi) is 5.81. The van der Waals surface area contributed by atoms with Gasteiger partial charge < -0.3 is 5.32 Å². The number of hydrogen-bond donors (Lipinski definition) is 3. The van der Waals surface area contributed by atoms with Crippen molar-refractivity contribution in [2.45, 2.75) is 38.0 Å². The van der Waals surface area contributed by atoms with Crippen LogP contribution < -0.4 is 16.0 Å². The Labute approximate surface area is 139 Å². The smallest absolute Gasteiger partial charge is 0.155 e. The summed E-state index contributed by atoms with van der Waals surface area (Å²) in [6.07, 6.45) is 2.73. The van der Waals surface area contributed by atoms with Crippen molar-refractivity contribution < 1.29 is 5.32 Å². The van der Waals surface area contributed by atoms with Gasteiger partial charge in [0.25, 0.3) is 0 Å². The summed E-state index contributed by atoms with van der Waals surface area (Å²) >= 11 is 0. The van der Waals surface area contributed by atoms with Crippen LogP contribution >= 0.6 is 0 Å². The highest BCUT2D eigenvalue weighted by molar-refractivity contribution is 5.20. The van der Waals surface area contributed by atoms with E-state index in [2.05, 4.69) is 83.5 Å². The van der Waals surface area contributed by atoms with E-state index in [0.29, 0.717) is 18.2 Å². The zero-order chi connectivity index (χ0) is 15.9. The first-order valence-electron chi connectivity index (χ1n) is 8.78. The third-order valence-corrected chi connectivity index (χ3v) is 4.74. The number of piperazine rings is 1. The molecule has 3 rings (SSSR count). The Morgan fingerprint density at radius 3 is 2.39 bits per heavy atom. The van der Waals surface area contributed by atoms with Crippen LogP contribution in [0.3, 0.4) is 0 Å². The zero-order valence-electron chi connectivity index (χ0n) is 13.9. The Hall–Kier alpha value is -1.68. The highest BCUT2D eigenvalue weighted by Crippen LogP contribution is 2.16. The minimum atomic E-state index is 0.417. The summed E-state index contributed by atoms with van der Waals surface area (Å²) < 4.78 is 0. The van der Waals surface area contributed by atoms with Gasteiger partial charge in [0.05, 0.1) is 12.6 Å². The van der Waals surface area contributed by atoms with Crippen LogP contribution in [0.1, 0.15) is 30.5 Å². The molecule has 0 amide bonds. The van der Waals surface area contributed by atoms with E-state index >= 15 is 0 Å². The lowest BCUT2D eigenvalue weighted by molar-refractivity contribution is -0.698. The lowest BCUT2D eigenvalue weighted by Gasteiger charge is -2.36. The summed E-state index contributed by atoms with van der Waals surface area (Å²) in [5.41, 5.74) is 2.80. The molecular formula is C20H28N3+. The molecule has 1 aliphatic rings. The van der Waals surface area contributed by atoms with Crippen LogP contribution in [0, 0.1) is 0 Å². The number of rotatable bonds is 6. The van der Waals surface area contributed by atoms with E-state index in [0.717, 1.165) is 25.9 Å². The van der Waals surface area contributed by atoms with Gasteiger partial charge in [0.1, 0.15) is 0 Å². The third-order valence-electron chi connectivity index (χ3n) is 4.74. The molecule has 122 valence electrons. The van der Waals surface area contributed by atoms with Gasteiger partial charge in [-0.2, -0.15) is 0 Å². The average Bonchev–Trinajstić information content (AvgIpc) is 2.63. The topological polar surface area (TPSA) is 40.7 Å². The number of quaternary nitrogens is 1. The second-order valence-corrected chi connectivity index (χ2v) is 6.34. The molecule has 1 fully saturated rings. The fourth-order valence-electron chi connectivity index (χ4n) is 3.41. The van der Waals surface area contributed by atoms with Crippen molar-refractivity contribution in [1.82, 2.24) is 10.6 Å². The van der Waals surface area contributed by atoms with Gasteiger partial charge in [-0.05, 0) is 17.5 Å². The van der Waals surface area contributed by atoms with Gasteiger partial charge in [-0.3, -0.25) is 10.6 Å². The van der Waals surface area contributed by atoms with Crippen LogP contribution in [-0.2, 0) is 6.42 Å². The molecule has 0 spiro atoms. The van der Waals surface area contributed by atoms with Gasteiger partial charge in [-0.25, -0.2) is 0 Å². The Morgan fingerprint density at radius 2 is 1.70 bits per heavy atom. The standard InChI is InChI=1S/C20H27N3/c1-2-18-20(21-14-13-16-9-5-3-6-10-16)22-15-19(23-18)17-11-7-4-8-12-17/h3-12,18-23H,2,13-15H2,1H3/p+1. The van der Waals surface area contributed by atoms with E-state index in [-0.39, 0.29) is 0 Å². The highest BCUT2D eigenvalue weighted by Gasteiger charge is 2.30. The molecule has 1 aliphatic heterocycles. The molecule has 0 radical (unpaired) electrons. The van der Waals surface area contributed by atoms with Gasteiger partial charge >= 0.3 is 0 Å². The second-order valence-electron chi connectivity index (χ2n) is 6.34. The summed E-state index contributed by atoms with van der Waals surface area (Å²) in [6, 6.07) is 22.4. The summed E-state index contributed by atoms with van der Waals surface area (Å²) in [6.45, 7) is 4.38. The molecule has 3 heteroatoms. The quantitative estimate of drug-likeness (QED) is 0.762. The van der Waals surface area contributed by atoms with E-state index in [1.807, 2.05) is 0 Å². The second kappa shape index (κ2) is 8.25. The summed E-state index contributed by atoms with van der Waals surface area (Å²) in [7, 11) is 0. The van der Waals surface area contributed by atoms with E-state index in [1.165, 1.54) is 11.1 Å². The Balaban J connectivity index is 1.51. The highest BCUT2D eigenvalue weighted by atomic mass is 15.2. The molecule has 0 saturated carbocycles. The van der Waals surface area contributed by atoms with Crippen LogP contribution in [-0.4, -0.2) is 25.3 Å². The van der Waals surface area contributed by atoms with Crippen LogP contribution in [0.2, 0.25) is 0 Å². The van der Waals surface area contributed by atoms with Gasteiger partial charge in [0.15, 0.2) is 6.17 Å². The summed E-state index contributed by atoms with van der Waals surface area (Å²) in [4.78, 5) is 0. The molecule has 1 saturated heterocycles. The van der Waals surface area contributed by atoms with Crippen LogP contribution in [0.4, 0.5) is 0 Å². The summed E-state index contributed by atoms with van der Waals surface area (Å²) in [5, 5.41) is 10.0. The fourth-order valence-corrected chi connectivity index (χ4v) is 3.41. The molecule has 3 atom stereocenters. The number of nitrogens with two attached hydrogens (primary N) is 1. The molecule has 0 aromatic heterocycles. The molecular weight excluding hydrogens is 282 g/mol. The van der Waals surface area contributed by atoms with Crippen molar-refractivity contribution in [1.29, 1.82) is 0 Å². The maximum Gasteiger partial charge on any atom is 0.155 e. The first kappa shape index (κ1) is 16.2. The van der Waals surface area contributed by atoms with E-state index in [9.17, 15) is 0 Å². The minimum Gasteiger partial charge on any atom is -0.330 e. The molecule has 3 unspecified atom stereocenters. The maximum atomic E-state index is 3.82. The Morgan fingerprint density at radius 1 is 1.00 bits per heavy atom. The monoisotopic (exact) mass is 310 g/mol. The van der Waals surface area contributed by atoms with Gasteiger partial charge in [-0.1, -0.05) is 67.6 Å². The third kappa shape index (κ3) is 4.41. The van der Waals surface area contributed by atoms with Gasteiger partial charge in [0.2, 0.25) is 0 Å². The van der Waals surface area contributed by atoms with E-state index in [1.54, 1.807) is 0 Å². The normalized spacial score (nSPS) is 24.5. The van der Waals surface area contributed by atoms with Gasteiger partial charge in [0, 0.05) is 19.0 Å². The lowest BCUT2D eigenvalue weighted by Crippen LogP contribution is -2.98.